The highest BCUT2D eigenvalue weighted by Crippen LogP contribution is 2.25. The van der Waals surface area contributed by atoms with E-state index in [2.05, 4.69) is 17.4 Å². The van der Waals surface area contributed by atoms with E-state index in [1.165, 1.54) is 30.0 Å². The van der Waals surface area contributed by atoms with Crippen LogP contribution in [0.3, 0.4) is 0 Å². The standard InChI is InChI=1S/C22H26FNO2S/c1-16(26-20-11-10-17-6-2-3-7-18(17)14-20)22(25)24-12-13-27-15-19-8-4-5-9-21(19)23/h4-5,8-11,14,16H,2-3,6-7,12-13,15H2,1H3,(H,24,25)/t16-/m1/s1. The topological polar surface area (TPSA) is 38.3 Å². The van der Waals surface area contributed by atoms with Crippen LogP contribution >= 0.6 is 11.8 Å². The van der Waals surface area contributed by atoms with Crippen LogP contribution in [0.2, 0.25) is 0 Å². The van der Waals surface area contributed by atoms with Gasteiger partial charge in [0.15, 0.2) is 6.10 Å². The van der Waals surface area contributed by atoms with Crippen molar-refractivity contribution in [3.63, 3.8) is 0 Å². The van der Waals surface area contributed by atoms with E-state index in [9.17, 15) is 9.18 Å². The summed E-state index contributed by atoms with van der Waals surface area (Å²) < 4.78 is 19.4. The average Bonchev–Trinajstić information content (AvgIpc) is 2.68. The molecule has 0 saturated heterocycles. The number of thioether (sulfide) groups is 1. The zero-order valence-corrected chi connectivity index (χ0v) is 16.5. The van der Waals surface area contributed by atoms with Crippen molar-refractivity contribution < 1.29 is 13.9 Å². The lowest BCUT2D eigenvalue weighted by atomic mass is 9.92. The lowest BCUT2D eigenvalue weighted by Gasteiger charge is -2.19. The van der Waals surface area contributed by atoms with Crippen LogP contribution in [0.4, 0.5) is 4.39 Å². The Morgan fingerprint density at radius 1 is 1.19 bits per heavy atom. The molecule has 1 aliphatic carbocycles. The molecule has 0 heterocycles. The van der Waals surface area contributed by atoms with Crippen molar-refractivity contribution in [2.24, 2.45) is 0 Å². The number of carbonyl (C=O) groups is 1. The molecule has 2 aromatic rings. The molecule has 0 aliphatic heterocycles. The van der Waals surface area contributed by atoms with E-state index in [0.717, 1.165) is 24.3 Å². The van der Waals surface area contributed by atoms with Gasteiger partial charge in [-0.2, -0.15) is 11.8 Å². The lowest BCUT2D eigenvalue weighted by molar-refractivity contribution is -0.127. The van der Waals surface area contributed by atoms with Gasteiger partial charge in [-0.15, -0.1) is 0 Å². The first-order valence-electron chi connectivity index (χ1n) is 9.51. The Labute approximate surface area is 164 Å². The summed E-state index contributed by atoms with van der Waals surface area (Å²) in [7, 11) is 0. The van der Waals surface area contributed by atoms with Crippen molar-refractivity contribution in [3.8, 4) is 5.75 Å². The van der Waals surface area contributed by atoms with Gasteiger partial charge >= 0.3 is 0 Å². The first-order chi connectivity index (χ1) is 13.1. The van der Waals surface area contributed by atoms with Crippen LogP contribution in [-0.2, 0) is 23.4 Å². The van der Waals surface area contributed by atoms with E-state index in [4.69, 9.17) is 4.74 Å². The second-order valence-electron chi connectivity index (χ2n) is 6.83. The molecule has 0 fully saturated rings. The van der Waals surface area contributed by atoms with Crippen molar-refractivity contribution in [3.05, 3.63) is 65.0 Å². The smallest absolute Gasteiger partial charge is 0.260 e. The normalized spacial score (nSPS) is 14.3. The first-order valence-corrected chi connectivity index (χ1v) is 10.7. The van der Waals surface area contributed by atoms with Gasteiger partial charge in [0.25, 0.3) is 5.91 Å². The highest BCUT2D eigenvalue weighted by Gasteiger charge is 2.16. The molecule has 1 aliphatic rings. The van der Waals surface area contributed by atoms with Crippen LogP contribution < -0.4 is 10.1 Å². The summed E-state index contributed by atoms with van der Waals surface area (Å²) in [5.74, 6) is 1.78. The minimum absolute atomic E-state index is 0.126. The van der Waals surface area contributed by atoms with E-state index in [1.807, 2.05) is 12.1 Å². The SMILES string of the molecule is C[C@@H](Oc1ccc2c(c1)CCCC2)C(=O)NCCSCc1ccccc1F. The van der Waals surface area contributed by atoms with Crippen molar-refractivity contribution in [1.82, 2.24) is 5.32 Å². The molecule has 27 heavy (non-hydrogen) atoms. The van der Waals surface area contributed by atoms with Gasteiger partial charge < -0.3 is 10.1 Å². The summed E-state index contributed by atoms with van der Waals surface area (Å²) in [6.45, 7) is 2.30. The van der Waals surface area contributed by atoms with Gasteiger partial charge in [0, 0.05) is 18.1 Å². The van der Waals surface area contributed by atoms with Gasteiger partial charge in [0.2, 0.25) is 0 Å². The summed E-state index contributed by atoms with van der Waals surface area (Å²) >= 11 is 1.60. The minimum Gasteiger partial charge on any atom is -0.481 e. The van der Waals surface area contributed by atoms with Crippen LogP contribution in [-0.4, -0.2) is 24.3 Å². The molecule has 3 rings (SSSR count). The van der Waals surface area contributed by atoms with Crippen LogP contribution in [0.1, 0.15) is 36.5 Å². The monoisotopic (exact) mass is 387 g/mol. The van der Waals surface area contributed by atoms with Crippen LogP contribution in [0.15, 0.2) is 42.5 Å². The molecule has 0 aromatic heterocycles. The molecule has 2 aromatic carbocycles. The summed E-state index contributed by atoms with van der Waals surface area (Å²) in [6.07, 6.45) is 4.16. The number of ether oxygens (including phenoxy) is 1. The van der Waals surface area contributed by atoms with Gasteiger partial charge in [0.1, 0.15) is 11.6 Å². The third kappa shape index (κ3) is 5.73. The maximum absolute atomic E-state index is 13.5. The van der Waals surface area contributed by atoms with E-state index in [1.54, 1.807) is 30.8 Å². The molecule has 1 amide bonds. The zero-order chi connectivity index (χ0) is 19.1. The first kappa shape index (κ1) is 19.7. The van der Waals surface area contributed by atoms with Crippen molar-refractivity contribution >= 4 is 17.7 Å². The largest absolute Gasteiger partial charge is 0.481 e. The Kier molecular flexibility index (Phi) is 7.16. The number of hydrogen-bond donors (Lipinski definition) is 1. The Hall–Kier alpha value is -2.01. The van der Waals surface area contributed by atoms with Gasteiger partial charge in [0.05, 0.1) is 0 Å². The fraction of sp³-hybridized carbons (Fsp3) is 0.409. The molecule has 0 spiro atoms. The number of hydrogen-bond acceptors (Lipinski definition) is 3. The molecular formula is C22H26FNO2S. The number of benzene rings is 2. The van der Waals surface area contributed by atoms with Gasteiger partial charge in [-0.1, -0.05) is 24.3 Å². The molecule has 5 heteroatoms. The molecule has 0 saturated carbocycles. The number of carbonyl (C=O) groups excluding carboxylic acids is 1. The van der Waals surface area contributed by atoms with Crippen molar-refractivity contribution in [2.75, 3.05) is 12.3 Å². The fourth-order valence-electron chi connectivity index (χ4n) is 3.23. The number of fused-ring (bicyclic) bond motifs is 1. The summed E-state index contributed by atoms with van der Waals surface area (Å²) in [6, 6.07) is 12.9. The molecule has 1 N–H and O–H groups in total. The quantitative estimate of drug-likeness (QED) is 0.677. The highest BCUT2D eigenvalue weighted by atomic mass is 32.2. The summed E-state index contributed by atoms with van der Waals surface area (Å²) in [4.78, 5) is 12.2. The number of nitrogens with one attached hydrogen (secondary N) is 1. The van der Waals surface area contributed by atoms with E-state index >= 15 is 0 Å². The Morgan fingerprint density at radius 3 is 2.78 bits per heavy atom. The molecule has 3 nitrogen and oxygen atoms in total. The van der Waals surface area contributed by atoms with E-state index in [-0.39, 0.29) is 11.7 Å². The average molecular weight is 388 g/mol. The Balaban J connectivity index is 1.38. The molecule has 1 atom stereocenters. The van der Waals surface area contributed by atoms with Gasteiger partial charge in [-0.05, 0) is 67.5 Å². The molecule has 0 unspecified atom stereocenters. The predicted molar refractivity (Wildman–Crippen MR) is 109 cm³/mol. The molecular weight excluding hydrogens is 361 g/mol. The third-order valence-electron chi connectivity index (χ3n) is 4.76. The fourth-order valence-corrected chi connectivity index (χ4v) is 4.07. The Bertz CT molecular complexity index is 781. The maximum Gasteiger partial charge on any atom is 0.260 e. The molecule has 0 radical (unpaired) electrons. The predicted octanol–water partition coefficient (Wildman–Crippen LogP) is 4.52. The van der Waals surface area contributed by atoms with E-state index < -0.39 is 6.10 Å². The van der Waals surface area contributed by atoms with E-state index in [0.29, 0.717) is 17.9 Å². The van der Waals surface area contributed by atoms with Gasteiger partial charge in [-0.3, -0.25) is 4.79 Å². The lowest BCUT2D eigenvalue weighted by Crippen LogP contribution is -2.37. The maximum atomic E-state index is 13.5. The second-order valence-corrected chi connectivity index (χ2v) is 7.94. The van der Waals surface area contributed by atoms with Crippen molar-refractivity contribution in [1.29, 1.82) is 0 Å². The molecule has 144 valence electrons. The van der Waals surface area contributed by atoms with Crippen LogP contribution in [0.5, 0.6) is 5.75 Å². The molecule has 0 bridgehead atoms. The number of halogens is 1. The third-order valence-corrected chi connectivity index (χ3v) is 5.77. The highest BCUT2D eigenvalue weighted by molar-refractivity contribution is 7.98. The number of amides is 1. The van der Waals surface area contributed by atoms with Gasteiger partial charge in [-0.25, -0.2) is 4.39 Å². The number of rotatable bonds is 8. The zero-order valence-electron chi connectivity index (χ0n) is 15.7. The second kappa shape index (κ2) is 9.79. The minimum atomic E-state index is -0.539. The summed E-state index contributed by atoms with van der Waals surface area (Å²) in [5, 5.41) is 2.89. The van der Waals surface area contributed by atoms with Crippen molar-refractivity contribution in [2.45, 2.75) is 44.5 Å². The number of aryl methyl sites for hydroxylation is 2. The summed E-state index contributed by atoms with van der Waals surface area (Å²) in [5.41, 5.74) is 3.44. The Morgan fingerprint density at radius 2 is 1.96 bits per heavy atom. The van der Waals surface area contributed by atoms with Crippen LogP contribution in [0.25, 0.3) is 0 Å². The van der Waals surface area contributed by atoms with Crippen LogP contribution in [0, 0.1) is 5.82 Å².